The highest BCUT2D eigenvalue weighted by atomic mass is 19.3. The third kappa shape index (κ3) is 4.74. The normalized spacial score (nSPS) is 20.9. The second-order valence-corrected chi connectivity index (χ2v) is 8.63. The molecule has 2 saturated heterocycles. The lowest BCUT2D eigenvalue weighted by Crippen LogP contribution is -2.49. The van der Waals surface area contributed by atoms with Crippen LogP contribution < -0.4 is 5.32 Å². The van der Waals surface area contributed by atoms with Gasteiger partial charge in [-0.2, -0.15) is 0 Å². The number of halogens is 3. The van der Waals surface area contributed by atoms with Gasteiger partial charge < -0.3 is 15.1 Å². The molecule has 2 aliphatic heterocycles. The van der Waals surface area contributed by atoms with Crippen molar-refractivity contribution in [2.24, 2.45) is 5.92 Å². The minimum Gasteiger partial charge on any atom is -0.326 e. The number of alkyl halides is 2. The molecule has 0 bridgehead atoms. The molecular weight excluding hydrogens is 419 g/mol. The monoisotopic (exact) mass is 445 g/mol. The summed E-state index contributed by atoms with van der Waals surface area (Å²) < 4.78 is 41.3. The van der Waals surface area contributed by atoms with Crippen molar-refractivity contribution in [2.75, 3.05) is 25.0 Å². The Bertz CT molecular complexity index is 1010. The van der Waals surface area contributed by atoms with Crippen molar-refractivity contribution in [3.63, 3.8) is 0 Å². The van der Waals surface area contributed by atoms with Gasteiger partial charge in [0.25, 0.3) is 5.92 Å². The van der Waals surface area contributed by atoms with Crippen molar-refractivity contribution in [1.82, 2.24) is 9.80 Å². The molecule has 8 heteroatoms. The second kappa shape index (κ2) is 8.84. The number of anilines is 1. The molecule has 32 heavy (non-hydrogen) atoms. The number of rotatable bonds is 3. The van der Waals surface area contributed by atoms with Crippen molar-refractivity contribution in [3.05, 3.63) is 54.3 Å². The van der Waals surface area contributed by atoms with Crippen molar-refractivity contribution >= 4 is 17.6 Å². The van der Waals surface area contributed by atoms with E-state index in [1.807, 2.05) is 0 Å². The van der Waals surface area contributed by atoms with Gasteiger partial charge in [-0.3, -0.25) is 4.79 Å². The summed E-state index contributed by atoms with van der Waals surface area (Å²) in [4.78, 5) is 28.2. The maximum atomic E-state index is 14.1. The van der Waals surface area contributed by atoms with E-state index in [-0.39, 0.29) is 30.1 Å². The maximum Gasteiger partial charge on any atom is 0.320 e. The number of hydrogen-bond donors (Lipinski definition) is 1. The average molecular weight is 445 g/mol. The Morgan fingerprint density at radius 3 is 2.44 bits per heavy atom. The van der Waals surface area contributed by atoms with Crippen LogP contribution in [0.1, 0.15) is 26.2 Å². The van der Waals surface area contributed by atoms with Crippen LogP contribution in [0, 0.1) is 11.7 Å². The minimum atomic E-state index is -2.84. The van der Waals surface area contributed by atoms with Crippen molar-refractivity contribution < 1.29 is 22.8 Å². The molecule has 2 aromatic carbocycles. The lowest BCUT2D eigenvalue weighted by atomic mass is 9.95. The van der Waals surface area contributed by atoms with Gasteiger partial charge in [0.2, 0.25) is 5.91 Å². The number of carbonyl (C=O) groups is 2. The first-order valence-electron chi connectivity index (χ1n) is 10.8. The summed E-state index contributed by atoms with van der Waals surface area (Å²) in [5.41, 5.74) is 1.69. The summed E-state index contributed by atoms with van der Waals surface area (Å²) in [7, 11) is 0. The van der Waals surface area contributed by atoms with E-state index in [0.717, 1.165) is 0 Å². The first-order valence-corrected chi connectivity index (χ1v) is 10.8. The van der Waals surface area contributed by atoms with Gasteiger partial charge in [0.15, 0.2) is 0 Å². The quantitative estimate of drug-likeness (QED) is 0.724. The molecule has 4 rings (SSSR count). The molecule has 5 nitrogen and oxygen atoms in total. The van der Waals surface area contributed by atoms with Gasteiger partial charge in [-0.15, -0.1) is 0 Å². The standard InChI is InChI=1S/C24H26F3N3O2/c1-16-14-24(26,27)15-30(16)23(32)29-11-9-17(10-12-29)22(31)28-19-6-4-5-18(13-19)20-7-2-3-8-21(20)25/h2-8,13,16-17H,9-12,14-15H2,1H3,(H,28,31)/t16-/m1/s1. The Kier molecular flexibility index (Phi) is 6.13. The van der Waals surface area contributed by atoms with Crippen LogP contribution in [0.15, 0.2) is 48.5 Å². The van der Waals surface area contributed by atoms with Gasteiger partial charge in [-0.25, -0.2) is 18.0 Å². The molecule has 0 unspecified atom stereocenters. The van der Waals surface area contributed by atoms with Crippen LogP contribution in [-0.2, 0) is 4.79 Å². The molecule has 170 valence electrons. The van der Waals surface area contributed by atoms with Gasteiger partial charge in [-0.05, 0) is 43.5 Å². The van der Waals surface area contributed by atoms with Gasteiger partial charge in [0.05, 0.1) is 6.54 Å². The molecular formula is C24H26F3N3O2. The first-order chi connectivity index (χ1) is 15.2. The smallest absolute Gasteiger partial charge is 0.320 e. The highest BCUT2D eigenvalue weighted by Crippen LogP contribution is 2.33. The van der Waals surface area contributed by atoms with E-state index in [1.165, 1.54) is 11.0 Å². The van der Waals surface area contributed by atoms with Crippen LogP contribution in [-0.4, -0.2) is 53.3 Å². The predicted octanol–water partition coefficient (Wildman–Crippen LogP) is 4.99. The lowest BCUT2D eigenvalue weighted by molar-refractivity contribution is -0.121. The molecule has 2 aromatic rings. The van der Waals surface area contributed by atoms with Crippen LogP contribution in [0.2, 0.25) is 0 Å². The summed E-state index contributed by atoms with van der Waals surface area (Å²) in [5.74, 6) is -3.62. The van der Waals surface area contributed by atoms with E-state index in [0.29, 0.717) is 42.7 Å². The van der Waals surface area contributed by atoms with Crippen LogP contribution in [0.25, 0.3) is 11.1 Å². The van der Waals surface area contributed by atoms with Crippen molar-refractivity contribution in [1.29, 1.82) is 0 Å². The minimum absolute atomic E-state index is 0.163. The van der Waals surface area contributed by atoms with Crippen LogP contribution in [0.4, 0.5) is 23.7 Å². The molecule has 2 fully saturated rings. The molecule has 0 aromatic heterocycles. The molecule has 0 saturated carbocycles. The summed E-state index contributed by atoms with van der Waals surface area (Å²) in [6.07, 6.45) is 0.607. The van der Waals surface area contributed by atoms with E-state index in [4.69, 9.17) is 0 Å². The molecule has 1 N–H and O–H groups in total. The van der Waals surface area contributed by atoms with Crippen LogP contribution in [0.3, 0.4) is 0 Å². The predicted molar refractivity (Wildman–Crippen MR) is 116 cm³/mol. The van der Waals surface area contributed by atoms with E-state index in [1.54, 1.807) is 54.3 Å². The Hall–Kier alpha value is -3.03. The molecule has 2 aliphatic rings. The van der Waals surface area contributed by atoms with E-state index in [9.17, 15) is 22.8 Å². The third-order valence-corrected chi connectivity index (χ3v) is 6.22. The van der Waals surface area contributed by atoms with Gasteiger partial charge in [-0.1, -0.05) is 30.3 Å². The Labute approximate surface area is 185 Å². The zero-order chi connectivity index (χ0) is 22.9. The molecule has 1 atom stereocenters. The summed E-state index contributed by atoms with van der Waals surface area (Å²) >= 11 is 0. The summed E-state index contributed by atoms with van der Waals surface area (Å²) in [6.45, 7) is 1.78. The topological polar surface area (TPSA) is 52.7 Å². The number of urea groups is 1. The van der Waals surface area contributed by atoms with Crippen LogP contribution in [0.5, 0.6) is 0 Å². The third-order valence-electron chi connectivity index (χ3n) is 6.22. The van der Waals surface area contributed by atoms with Gasteiger partial charge >= 0.3 is 6.03 Å². The largest absolute Gasteiger partial charge is 0.326 e. The zero-order valence-electron chi connectivity index (χ0n) is 17.9. The number of likely N-dealkylation sites (tertiary alicyclic amines) is 2. The number of piperidine rings is 1. The number of nitrogens with one attached hydrogen (secondary N) is 1. The molecule has 0 aliphatic carbocycles. The fourth-order valence-corrected chi connectivity index (χ4v) is 4.49. The zero-order valence-corrected chi connectivity index (χ0v) is 17.9. The maximum absolute atomic E-state index is 14.1. The average Bonchev–Trinajstić information content (AvgIpc) is 3.06. The number of hydrogen-bond acceptors (Lipinski definition) is 2. The Balaban J connectivity index is 1.34. The van der Waals surface area contributed by atoms with Crippen molar-refractivity contribution in [2.45, 2.75) is 38.2 Å². The first kappa shape index (κ1) is 22.2. The second-order valence-electron chi connectivity index (χ2n) is 8.63. The highest BCUT2D eigenvalue weighted by Gasteiger charge is 2.46. The molecule has 3 amide bonds. The van der Waals surface area contributed by atoms with Gasteiger partial charge in [0.1, 0.15) is 5.82 Å². The van der Waals surface area contributed by atoms with E-state index < -0.39 is 18.5 Å². The Morgan fingerprint density at radius 2 is 1.78 bits per heavy atom. The number of carbonyl (C=O) groups excluding carboxylic acids is 2. The number of nitrogens with zero attached hydrogens (tertiary/aromatic N) is 2. The molecule has 0 spiro atoms. The molecule has 2 heterocycles. The molecule has 0 radical (unpaired) electrons. The van der Waals surface area contributed by atoms with Gasteiger partial charge in [0, 0.05) is 42.7 Å². The Morgan fingerprint density at radius 1 is 1.06 bits per heavy atom. The SMILES string of the molecule is C[C@@H]1CC(F)(F)CN1C(=O)N1CCC(C(=O)Nc2cccc(-c3ccccc3F)c2)CC1. The van der Waals surface area contributed by atoms with Crippen molar-refractivity contribution in [3.8, 4) is 11.1 Å². The fraction of sp³-hybridized carbons (Fsp3) is 0.417. The van der Waals surface area contributed by atoms with E-state index >= 15 is 0 Å². The lowest BCUT2D eigenvalue weighted by Gasteiger charge is -2.35. The summed E-state index contributed by atoms with van der Waals surface area (Å²) in [6, 6.07) is 12.6. The summed E-state index contributed by atoms with van der Waals surface area (Å²) in [5, 5.41) is 2.88. The number of benzene rings is 2. The van der Waals surface area contributed by atoms with Crippen LogP contribution >= 0.6 is 0 Å². The highest BCUT2D eigenvalue weighted by molar-refractivity contribution is 5.93. The number of amides is 3. The fourth-order valence-electron chi connectivity index (χ4n) is 4.49. The van der Waals surface area contributed by atoms with E-state index in [2.05, 4.69) is 5.32 Å².